The highest BCUT2D eigenvalue weighted by molar-refractivity contribution is 4.66. The van der Waals surface area contributed by atoms with Crippen molar-refractivity contribution in [1.29, 1.82) is 0 Å². The third-order valence-electron chi connectivity index (χ3n) is 1.01. The van der Waals surface area contributed by atoms with Gasteiger partial charge in [-0.05, 0) is 0 Å². The highest BCUT2D eigenvalue weighted by Crippen LogP contribution is 2.03. The number of rotatable bonds is 4. The number of alkyl halides is 3. The summed E-state index contributed by atoms with van der Waals surface area (Å²) in [6.07, 6.45) is -3.07. The van der Waals surface area contributed by atoms with Crippen molar-refractivity contribution in [3.05, 3.63) is 0 Å². The Kier molecular flexibility index (Phi) is 4.48. The molecule has 0 rings (SSSR count). The van der Waals surface area contributed by atoms with Crippen LogP contribution in [0.5, 0.6) is 0 Å². The summed E-state index contributed by atoms with van der Waals surface area (Å²) in [5.41, 5.74) is 0. The standard InChI is InChI=1S/C5H9F3O/c1-9-5(3-7)4(8)2-6/h4-5H,2-3H2,1H3. The molecule has 0 aromatic carbocycles. The normalized spacial score (nSPS) is 17.3. The van der Waals surface area contributed by atoms with Crippen molar-refractivity contribution >= 4 is 0 Å². The lowest BCUT2D eigenvalue weighted by molar-refractivity contribution is 0.00640. The molecule has 0 spiro atoms. The van der Waals surface area contributed by atoms with Crippen LogP contribution in [0.15, 0.2) is 0 Å². The molecule has 0 fully saturated rings. The van der Waals surface area contributed by atoms with Crippen LogP contribution < -0.4 is 0 Å². The maximum absolute atomic E-state index is 12.1. The molecule has 2 unspecified atom stereocenters. The van der Waals surface area contributed by atoms with Crippen LogP contribution in [0.1, 0.15) is 0 Å². The van der Waals surface area contributed by atoms with Gasteiger partial charge >= 0.3 is 0 Å². The third-order valence-corrected chi connectivity index (χ3v) is 1.01. The summed E-state index contributed by atoms with van der Waals surface area (Å²) in [5.74, 6) is 0. The second-order valence-corrected chi connectivity index (χ2v) is 1.60. The lowest BCUT2D eigenvalue weighted by Gasteiger charge is -2.12. The van der Waals surface area contributed by atoms with Gasteiger partial charge in [0.1, 0.15) is 19.5 Å². The number of hydrogen-bond acceptors (Lipinski definition) is 1. The maximum Gasteiger partial charge on any atom is 0.157 e. The van der Waals surface area contributed by atoms with Gasteiger partial charge in [-0.1, -0.05) is 0 Å². The van der Waals surface area contributed by atoms with Crippen LogP contribution in [0.4, 0.5) is 13.2 Å². The molecule has 0 aliphatic heterocycles. The van der Waals surface area contributed by atoms with Gasteiger partial charge in [0.2, 0.25) is 0 Å². The number of ether oxygens (including phenoxy) is 1. The van der Waals surface area contributed by atoms with Gasteiger partial charge in [0.05, 0.1) is 0 Å². The highest BCUT2D eigenvalue weighted by atomic mass is 19.2. The molecule has 0 aromatic rings. The summed E-state index contributed by atoms with van der Waals surface area (Å²) >= 11 is 0. The van der Waals surface area contributed by atoms with Gasteiger partial charge < -0.3 is 4.74 Å². The minimum Gasteiger partial charge on any atom is -0.376 e. The number of halogens is 3. The van der Waals surface area contributed by atoms with Crippen LogP contribution >= 0.6 is 0 Å². The van der Waals surface area contributed by atoms with Crippen LogP contribution in [0.25, 0.3) is 0 Å². The Hall–Kier alpha value is -0.250. The molecular formula is C5H9F3O. The van der Waals surface area contributed by atoms with Crippen molar-refractivity contribution in [2.75, 3.05) is 20.5 Å². The highest BCUT2D eigenvalue weighted by Gasteiger charge is 2.19. The van der Waals surface area contributed by atoms with E-state index in [1.807, 2.05) is 0 Å². The summed E-state index contributed by atoms with van der Waals surface area (Å²) in [4.78, 5) is 0. The lowest BCUT2D eigenvalue weighted by atomic mass is 10.3. The van der Waals surface area contributed by atoms with Crippen molar-refractivity contribution in [2.45, 2.75) is 12.3 Å². The second kappa shape index (κ2) is 4.61. The van der Waals surface area contributed by atoms with Gasteiger partial charge in [-0.3, -0.25) is 0 Å². The van der Waals surface area contributed by atoms with Crippen LogP contribution in [0.3, 0.4) is 0 Å². The van der Waals surface area contributed by atoms with E-state index in [2.05, 4.69) is 4.74 Å². The Morgan fingerprint density at radius 1 is 1.33 bits per heavy atom. The molecule has 0 N–H and O–H groups in total. The van der Waals surface area contributed by atoms with E-state index >= 15 is 0 Å². The maximum atomic E-state index is 12.1. The molecular weight excluding hydrogens is 133 g/mol. The molecule has 0 aromatic heterocycles. The van der Waals surface area contributed by atoms with Crippen LogP contribution in [-0.4, -0.2) is 32.7 Å². The van der Waals surface area contributed by atoms with Crippen molar-refractivity contribution in [3.8, 4) is 0 Å². The van der Waals surface area contributed by atoms with Crippen LogP contribution in [0, 0.1) is 0 Å². The summed E-state index contributed by atoms with van der Waals surface area (Å²) < 4.78 is 39.3. The van der Waals surface area contributed by atoms with Gasteiger partial charge in [-0.2, -0.15) is 0 Å². The average molecular weight is 142 g/mol. The molecule has 0 saturated carbocycles. The lowest BCUT2D eigenvalue weighted by Crippen LogP contribution is -2.27. The first kappa shape index (κ1) is 8.75. The minimum absolute atomic E-state index is 0.985. The van der Waals surface area contributed by atoms with Gasteiger partial charge in [-0.15, -0.1) is 0 Å². The molecule has 0 radical (unpaired) electrons. The number of hydrogen-bond donors (Lipinski definition) is 0. The zero-order valence-corrected chi connectivity index (χ0v) is 5.11. The Balaban J connectivity index is 3.50. The average Bonchev–Trinajstić information content (AvgIpc) is 1.90. The molecule has 0 bridgehead atoms. The van der Waals surface area contributed by atoms with Crippen LogP contribution in [0.2, 0.25) is 0 Å². The Labute approximate surface area is 51.8 Å². The smallest absolute Gasteiger partial charge is 0.157 e. The monoisotopic (exact) mass is 142 g/mol. The van der Waals surface area contributed by atoms with Crippen molar-refractivity contribution in [2.24, 2.45) is 0 Å². The first-order chi connectivity index (χ1) is 4.26. The van der Waals surface area contributed by atoms with E-state index < -0.39 is 25.6 Å². The molecule has 1 nitrogen and oxygen atoms in total. The molecule has 56 valence electrons. The molecule has 9 heavy (non-hydrogen) atoms. The van der Waals surface area contributed by atoms with Gasteiger partial charge in [0, 0.05) is 7.11 Å². The fourth-order valence-corrected chi connectivity index (χ4v) is 0.407. The zero-order chi connectivity index (χ0) is 7.28. The van der Waals surface area contributed by atoms with Gasteiger partial charge in [-0.25, -0.2) is 13.2 Å². The molecule has 0 amide bonds. The Bertz CT molecular complexity index is 65.2. The van der Waals surface area contributed by atoms with E-state index in [1.54, 1.807) is 0 Å². The van der Waals surface area contributed by atoms with Crippen LogP contribution in [-0.2, 0) is 4.74 Å². The van der Waals surface area contributed by atoms with E-state index in [1.165, 1.54) is 0 Å². The van der Waals surface area contributed by atoms with Gasteiger partial charge in [0.15, 0.2) is 6.17 Å². The first-order valence-electron chi connectivity index (χ1n) is 2.55. The van der Waals surface area contributed by atoms with E-state index in [0.717, 1.165) is 7.11 Å². The zero-order valence-electron chi connectivity index (χ0n) is 5.11. The Morgan fingerprint density at radius 3 is 2.00 bits per heavy atom. The topological polar surface area (TPSA) is 9.23 Å². The quantitative estimate of drug-likeness (QED) is 0.574. The van der Waals surface area contributed by atoms with E-state index in [-0.39, 0.29) is 0 Å². The Morgan fingerprint density at radius 2 is 1.89 bits per heavy atom. The summed E-state index contributed by atoms with van der Waals surface area (Å²) in [5, 5.41) is 0. The SMILES string of the molecule is COC(CF)C(F)CF. The third kappa shape index (κ3) is 2.70. The number of methoxy groups -OCH3 is 1. The summed E-state index contributed by atoms with van der Waals surface area (Å²) in [7, 11) is 1.15. The predicted octanol–water partition coefficient (Wildman–Crippen LogP) is 1.28. The minimum atomic E-state index is -1.83. The molecule has 4 heteroatoms. The van der Waals surface area contributed by atoms with Crippen molar-refractivity contribution in [3.63, 3.8) is 0 Å². The predicted molar refractivity (Wildman–Crippen MR) is 27.6 cm³/mol. The molecule has 0 heterocycles. The largest absolute Gasteiger partial charge is 0.376 e. The van der Waals surface area contributed by atoms with E-state index in [4.69, 9.17) is 0 Å². The van der Waals surface area contributed by atoms with Crippen molar-refractivity contribution < 1.29 is 17.9 Å². The summed E-state index contributed by atoms with van der Waals surface area (Å²) in [6, 6.07) is 0. The second-order valence-electron chi connectivity index (χ2n) is 1.60. The fraction of sp³-hybridized carbons (Fsp3) is 1.00. The molecule has 2 atom stereocenters. The molecule has 0 saturated heterocycles. The van der Waals surface area contributed by atoms with Crippen molar-refractivity contribution in [1.82, 2.24) is 0 Å². The molecule has 0 aliphatic rings. The molecule has 0 aliphatic carbocycles. The van der Waals surface area contributed by atoms with Gasteiger partial charge in [0.25, 0.3) is 0 Å². The van der Waals surface area contributed by atoms with E-state index in [0.29, 0.717) is 0 Å². The first-order valence-corrected chi connectivity index (χ1v) is 2.55. The van der Waals surface area contributed by atoms with E-state index in [9.17, 15) is 13.2 Å². The fourth-order valence-electron chi connectivity index (χ4n) is 0.407. The summed E-state index contributed by atoms with van der Waals surface area (Å²) in [6.45, 7) is -2.18.